The summed E-state index contributed by atoms with van der Waals surface area (Å²) in [5.74, 6) is 0.831. The van der Waals surface area contributed by atoms with Crippen molar-refractivity contribution in [3.8, 4) is 0 Å². The minimum atomic E-state index is -0.00619. The third-order valence-electron chi connectivity index (χ3n) is 2.36. The number of anilines is 1. The summed E-state index contributed by atoms with van der Waals surface area (Å²) in [6.07, 6.45) is 1.93. The lowest BCUT2D eigenvalue weighted by molar-refractivity contribution is 0.276. The largest absolute Gasteiger partial charge is 0.390 e. The SMILES string of the molecule is C=C(C)CN(C)c1nc2sccn2c1CO. The van der Waals surface area contributed by atoms with Gasteiger partial charge in [-0.25, -0.2) is 4.98 Å². The second-order valence-electron chi connectivity index (χ2n) is 3.91. The van der Waals surface area contributed by atoms with Crippen molar-refractivity contribution in [1.82, 2.24) is 9.38 Å². The fourth-order valence-corrected chi connectivity index (χ4v) is 2.48. The molecule has 0 fully saturated rings. The van der Waals surface area contributed by atoms with Crippen LogP contribution in [0.4, 0.5) is 5.82 Å². The molecule has 2 aromatic rings. The highest BCUT2D eigenvalue weighted by molar-refractivity contribution is 7.15. The van der Waals surface area contributed by atoms with Crippen molar-refractivity contribution in [2.75, 3.05) is 18.5 Å². The molecule has 2 rings (SSSR count). The molecule has 4 nitrogen and oxygen atoms in total. The molecule has 0 amide bonds. The van der Waals surface area contributed by atoms with Crippen LogP contribution >= 0.6 is 11.3 Å². The second kappa shape index (κ2) is 4.27. The van der Waals surface area contributed by atoms with Crippen LogP contribution in [0, 0.1) is 0 Å². The molecule has 0 bridgehead atoms. The van der Waals surface area contributed by atoms with Crippen molar-refractivity contribution in [3.63, 3.8) is 0 Å². The summed E-state index contributed by atoms with van der Waals surface area (Å²) in [6, 6.07) is 0. The van der Waals surface area contributed by atoms with Crippen molar-refractivity contribution in [2.24, 2.45) is 0 Å². The van der Waals surface area contributed by atoms with Gasteiger partial charge in [0, 0.05) is 25.2 Å². The summed E-state index contributed by atoms with van der Waals surface area (Å²) in [6.45, 7) is 6.60. The van der Waals surface area contributed by atoms with E-state index in [9.17, 15) is 5.11 Å². The number of thiazole rings is 1. The second-order valence-corrected chi connectivity index (χ2v) is 4.78. The van der Waals surface area contributed by atoms with E-state index in [1.54, 1.807) is 11.3 Å². The predicted molar refractivity (Wildman–Crippen MR) is 67.1 cm³/mol. The van der Waals surface area contributed by atoms with Crippen molar-refractivity contribution >= 4 is 22.1 Å². The summed E-state index contributed by atoms with van der Waals surface area (Å²) in [5.41, 5.74) is 1.91. The highest BCUT2D eigenvalue weighted by Gasteiger charge is 2.15. The average Bonchev–Trinajstić information content (AvgIpc) is 2.74. The number of aromatic nitrogens is 2. The van der Waals surface area contributed by atoms with E-state index >= 15 is 0 Å². The molecule has 0 radical (unpaired) electrons. The normalized spacial score (nSPS) is 10.9. The lowest BCUT2D eigenvalue weighted by Crippen LogP contribution is -2.20. The number of hydrogen-bond acceptors (Lipinski definition) is 4. The van der Waals surface area contributed by atoms with E-state index in [4.69, 9.17) is 0 Å². The summed E-state index contributed by atoms with van der Waals surface area (Å²) >= 11 is 1.57. The maximum atomic E-state index is 9.40. The Morgan fingerprint density at radius 1 is 1.69 bits per heavy atom. The Hall–Kier alpha value is -1.33. The molecule has 0 saturated carbocycles. The fourth-order valence-electron chi connectivity index (χ4n) is 1.75. The molecule has 2 aromatic heterocycles. The molecule has 0 saturated heterocycles. The van der Waals surface area contributed by atoms with Crippen LogP contribution in [0.15, 0.2) is 23.7 Å². The first-order chi connectivity index (χ1) is 7.63. The van der Waals surface area contributed by atoms with Gasteiger partial charge in [0.1, 0.15) is 0 Å². The Balaban J connectivity index is 2.42. The minimum absolute atomic E-state index is 0.00619. The first-order valence-electron chi connectivity index (χ1n) is 5.04. The molecular weight excluding hydrogens is 222 g/mol. The fraction of sp³-hybridized carbons (Fsp3) is 0.364. The number of hydrogen-bond donors (Lipinski definition) is 1. The molecule has 1 N–H and O–H groups in total. The van der Waals surface area contributed by atoms with Gasteiger partial charge < -0.3 is 10.0 Å². The van der Waals surface area contributed by atoms with Gasteiger partial charge in [0.05, 0.1) is 12.3 Å². The lowest BCUT2D eigenvalue weighted by atomic mass is 10.3. The number of fused-ring (bicyclic) bond motifs is 1. The maximum Gasteiger partial charge on any atom is 0.195 e. The number of rotatable bonds is 4. The Morgan fingerprint density at radius 3 is 3.06 bits per heavy atom. The first-order valence-corrected chi connectivity index (χ1v) is 5.92. The van der Waals surface area contributed by atoms with Gasteiger partial charge in [-0.3, -0.25) is 4.40 Å². The molecule has 0 aliphatic rings. The highest BCUT2D eigenvalue weighted by Crippen LogP contribution is 2.24. The van der Waals surface area contributed by atoms with Gasteiger partial charge in [-0.1, -0.05) is 12.2 Å². The van der Waals surface area contributed by atoms with Crippen molar-refractivity contribution < 1.29 is 5.11 Å². The maximum absolute atomic E-state index is 9.40. The van der Waals surface area contributed by atoms with Crippen molar-refractivity contribution in [3.05, 3.63) is 29.4 Å². The third-order valence-corrected chi connectivity index (χ3v) is 3.11. The molecule has 0 atom stereocenters. The molecule has 2 heterocycles. The van der Waals surface area contributed by atoms with Crippen LogP contribution in [-0.2, 0) is 6.61 Å². The molecule has 0 aliphatic carbocycles. The molecule has 0 aromatic carbocycles. The first kappa shape index (κ1) is 11.2. The summed E-state index contributed by atoms with van der Waals surface area (Å²) in [5, 5.41) is 11.4. The smallest absolute Gasteiger partial charge is 0.195 e. The van der Waals surface area contributed by atoms with Gasteiger partial charge in [-0.2, -0.15) is 0 Å². The Bertz CT molecular complexity index is 514. The monoisotopic (exact) mass is 237 g/mol. The number of nitrogens with zero attached hydrogens (tertiary/aromatic N) is 3. The quantitative estimate of drug-likeness (QED) is 0.826. The van der Waals surface area contributed by atoms with Crippen molar-refractivity contribution in [2.45, 2.75) is 13.5 Å². The van der Waals surface area contributed by atoms with E-state index in [0.717, 1.165) is 28.6 Å². The summed E-state index contributed by atoms with van der Waals surface area (Å²) in [7, 11) is 1.96. The van der Waals surface area contributed by atoms with Gasteiger partial charge in [-0.15, -0.1) is 11.3 Å². The molecule has 0 spiro atoms. The van der Waals surface area contributed by atoms with Gasteiger partial charge in [0.2, 0.25) is 0 Å². The average molecular weight is 237 g/mol. The predicted octanol–water partition coefficient (Wildman–Crippen LogP) is 1.90. The van der Waals surface area contributed by atoms with Crippen molar-refractivity contribution in [1.29, 1.82) is 0 Å². The highest BCUT2D eigenvalue weighted by atomic mass is 32.1. The number of aliphatic hydroxyl groups is 1. The van der Waals surface area contributed by atoms with Crippen LogP contribution in [0.25, 0.3) is 4.96 Å². The van der Waals surface area contributed by atoms with E-state index in [1.165, 1.54) is 0 Å². The summed E-state index contributed by atoms with van der Waals surface area (Å²) in [4.78, 5) is 7.42. The standard InChI is InChI=1S/C11H15N3OS/c1-8(2)6-13(3)10-9(7-15)14-4-5-16-11(14)12-10/h4-5,15H,1,6-7H2,2-3H3. The van der Waals surface area contributed by atoms with Gasteiger partial charge >= 0.3 is 0 Å². The van der Waals surface area contributed by atoms with Crippen LogP contribution in [-0.4, -0.2) is 28.1 Å². The lowest BCUT2D eigenvalue weighted by Gasteiger charge is -2.17. The molecular formula is C11H15N3OS. The molecule has 0 unspecified atom stereocenters. The Kier molecular flexibility index (Phi) is 2.98. The van der Waals surface area contributed by atoms with Crippen LogP contribution in [0.5, 0.6) is 0 Å². The van der Waals surface area contributed by atoms with E-state index in [2.05, 4.69) is 11.6 Å². The minimum Gasteiger partial charge on any atom is -0.390 e. The zero-order valence-electron chi connectivity index (χ0n) is 9.47. The van der Waals surface area contributed by atoms with Crippen LogP contribution < -0.4 is 4.90 Å². The van der Waals surface area contributed by atoms with Crippen LogP contribution in [0.3, 0.4) is 0 Å². The van der Waals surface area contributed by atoms with Gasteiger partial charge in [0.15, 0.2) is 10.8 Å². The number of likely N-dealkylation sites (N-methyl/N-ethyl adjacent to an activating group) is 1. The zero-order valence-corrected chi connectivity index (χ0v) is 10.3. The zero-order chi connectivity index (χ0) is 11.7. The van der Waals surface area contributed by atoms with E-state index in [-0.39, 0.29) is 6.61 Å². The van der Waals surface area contributed by atoms with E-state index in [0.29, 0.717) is 0 Å². The topological polar surface area (TPSA) is 40.8 Å². The molecule has 86 valence electrons. The molecule has 5 heteroatoms. The molecule has 16 heavy (non-hydrogen) atoms. The third kappa shape index (κ3) is 1.83. The van der Waals surface area contributed by atoms with Gasteiger partial charge in [-0.05, 0) is 6.92 Å². The Morgan fingerprint density at radius 2 is 2.44 bits per heavy atom. The summed E-state index contributed by atoms with van der Waals surface area (Å²) < 4.78 is 1.93. The van der Waals surface area contributed by atoms with Gasteiger partial charge in [0.25, 0.3) is 0 Å². The van der Waals surface area contributed by atoms with Crippen LogP contribution in [0.2, 0.25) is 0 Å². The number of imidazole rings is 1. The Labute approximate surface area is 98.5 Å². The number of aliphatic hydroxyl groups excluding tert-OH is 1. The van der Waals surface area contributed by atoms with E-state index in [1.807, 2.05) is 34.8 Å². The van der Waals surface area contributed by atoms with Crippen LogP contribution in [0.1, 0.15) is 12.6 Å². The molecule has 0 aliphatic heterocycles. The van der Waals surface area contributed by atoms with E-state index < -0.39 is 0 Å².